The summed E-state index contributed by atoms with van der Waals surface area (Å²) in [6.45, 7) is 5.49. The predicted molar refractivity (Wildman–Crippen MR) is 76.1 cm³/mol. The molecule has 0 fully saturated rings. The van der Waals surface area contributed by atoms with Gasteiger partial charge in [-0.2, -0.15) is 0 Å². The summed E-state index contributed by atoms with van der Waals surface area (Å²) >= 11 is 3.24. The highest BCUT2D eigenvalue weighted by Gasteiger charge is 2.15. The lowest BCUT2D eigenvalue weighted by Gasteiger charge is -2.25. The number of aromatic amines is 1. The maximum atomic E-state index is 11.5. The second-order valence-electron chi connectivity index (χ2n) is 4.48. The van der Waals surface area contributed by atoms with Crippen LogP contribution in [0.3, 0.4) is 0 Å². The summed E-state index contributed by atoms with van der Waals surface area (Å²) in [6, 6.07) is 0. The topological polar surface area (TPSA) is 98.9 Å². The highest BCUT2D eigenvalue weighted by atomic mass is 79.9. The van der Waals surface area contributed by atoms with Crippen LogP contribution in [0.2, 0.25) is 0 Å². The van der Waals surface area contributed by atoms with E-state index in [4.69, 9.17) is 11.1 Å². The summed E-state index contributed by atoms with van der Waals surface area (Å²) in [7, 11) is 0. The van der Waals surface area contributed by atoms with Gasteiger partial charge in [-0.25, -0.2) is 4.98 Å². The smallest absolute Gasteiger partial charge is 0.267 e. The number of amidine groups is 1. The van der Waals surface area contributed by atoms with Crippen molar-refractivity contribution in [3.8, 4) is 0 Å². The maximum absolute atomic E-state index is 11.5. The van der Waals surface area contributed by atoms with Crippen molar-refractivity contribution in [3.63, 3.8) is 0 Å². The van der Waals surface area contributed by atoms with Crippen LogP contribution in [0, 0.1) is 11.3 Å². The van der Waals surface area contributed by atoms with E-state index in [0.29, 0.717) is 29.2 Å². The first-order chi connectivity index (χ1) is 8.41. The molecule has 0 atom stereocenters. The average molecular weight is 316 g/mol. The molecule has 1 aromatic heterocycles. The Morgan fingerprint density at radius 1 is 1.67 bits per heavy atom. The molecule has 0 spiro atoms. The summed E-state index contributed by atoms with van der Waals surface area (Å²) in [4.78, 5) is 20.2. The maximum Gasteiger partial charge on any atom is 0.267 e. The second kappa shape index (κ2) is 6.53. The van der Waals surface area contributed by atoms with E-state index in [1.54, 1.807) is 0 Å². The van der Waals surface area contributed by atoms with Gasteiger partial charge in [0, 0.05) is 19.5 Å². The van der Waals surface area contributed by atoms with Crippen molar-refractivity contribution in [2.24, 2.45) is 11.7 Å². The molecule has 0 amide bonds. The third-order valence-electron chi connectivity index (χ3n) is 2.31. The minimum Gasteiger partial charge on any atom is -0.388 e. The van der Waals surface area contributed by atoms with Crippen LogP contribution in [0.1, 0.15) is 20.3 Å². The molecule has 0 bridgehead atoms. The summed E-state index contributed by atoms with van der Waals surface area (Å²) in [5.41, 5.74) is 5.16. The van der Waals surface area contributed by atoms with Gasteiger partial charge >= 0.3 is 0 Å². The van der Waals surface area contributed by atoms with E-state index < -0.39 is 0 Å². The Hall–Kier alpha value is -1.37. The number of rotatable bonds is 6. The first kappa shape index (κ1) is 14.7. The molecule has 0 saturated heterocycles. The molecule has 0 aliphatic heterocycles. The zero-order chi connectivity index (χ0) is 13.7. The molecule has 0 aliphatic rings. The quantitative estimate of drug-likeness (QED) is 0.544. The van der Waals surface area contributed by atoms with Crippen LogP contribution in [0.5, 0.6) is 0 Å². The van der Waals surface area contributed by atoms with E-state index in [0.717, 1.165) is 6.54 Å². The molecule has 0 saturated carbocycles. The van der Waals surface area contributed by atoms with Crippen LogP contribution >= 0.6 is 15.9 Å². The van der Waals surface area contributed by atoms with Crippen LogP contribution < -0.4 is 16.2 Å². The summed E-state index contributed by atoms with van der Waals surface area (Å²) in [5, 5.41) is 7.28. The zero-order valence-corrected chi connectivity index (χ0v) is 12.1. The van der Waals surface area contributed by atoms with Gasteiger partial charge in [-0.05, 0) is 21.8 Å². The Balaban J connectivity index is 2.97. The standard InChI is InChI=1S/C11H18BrN5O/c1-7(2)5-17(4-3-8(13)14)10-9(12)11(18)16-6-15-10/h6-7H,3-5H2,1-2H3,(H3,13,14)(H,15,16,18). The number of H-pyrrole nitrogens is 1. The molecule has 0 unspecified atom stereocenters. The van der Waals surface area contributed by atoms with Gasteiger partial charge in [0.05, 0.1) is 12.2 Å². The Bertz CT molecular complexity index is 471. The van der Waals surface area contributed by atoms with Crippen molar-refractivity contribution in [2.75, 3.05) is 18.0 Å². The first-order valence-corrected chi connectivity index (χ1v) is 6.52. The molecule has 100 valence electrons. The Labute approximate surface area is 114 Å². The van der Waals surface area contributed by atoms with Gasteiger partial charge in [0.25, 0.3) is 5.56 Å². The molecular weight excluding hydrogens is 298 g/mol. The minimum absolute atomic E-state index is 0.129. The second-order valence-corrected chi connectivity index (χ2v) is 5.28. The first-order valence-electron chi connectivity index (χ1n) is 5.72. The van der Waals surface area contributed by atoms with Crippen LogP contribution in [0.15, 0.2) is 15.6 Å². The van der Waals surface area contributed by atoms with E-state index in [9.17, 15) is 4.79 Å². The normalized spacial score (nSPS) is 10.7. The Morgan fingerprint density at radius 3 is 2.89 bits per heavy atom. The SMILES string of the molecule is CC(C)CN(CCC(=N)N)c1nc[nH]c(=O)c1Br. The third kappa shape index (κ3) is 4.14. The highest BCUT2D eigenvalue weighted by Crippen LogP contribution is 2.20. The molecule has 6 nitrogen and oxygen atoms in total. The van der Waals surface area contributed by atoms with Gasteiger partial charge in [-0.15, -0.1) is 0 Å². The van der Waals surface area contributed by atoms with Gasteiger partial charge in [0.2, 0.25) is 0 Å². The molecular formula is C11H18BrN5O. The lowest BCUT2D eigenvalue weighted by atomic mass is 10.2. The largest absolute Gasteiger partial charge is 0.388 e. The fourth-order valence-electron chi connectivity index (χ4n) is 1.57. The van der Waals surface area contributed by atoms with Crippen molar-refractivity contribution in [2.45, 2.75) is 20.3 Å². The summed E-state index contributed by atoms with van der Waals surface area (Å²) < 4.78 is 0.411. The summed E-state index contributed by atoms with van der Waals surface area (Å²) in [6.07, 6.45) is 1.83. The Morgan fingerprint density at radius 2 is 2.33 bits per heavy atom. The van der Waals surface area contributed by atoms with E-state index in [1.165, 1.54) is 6.33 Å². The van der Waals surface area contributed by atoms with E-state index in [2.05, 4.69) is 39.7 Å². The third-order valence-corrected chi connectivity index (χ3v) is 3.03. The number of aromatic nitrogens is 2. The molecule has 4 N–H and O–H groups in total. The molecule has 18 heavy (non-hydrogen) atoms. The van der Waals surface area contributed by atoms with E-state index >= 15 is 0 Å². The number of nitrogens with zero attached hydrogens (tertiary/aromatic N) is 2. The molecule has 0 radical (unpaired) electrons. The van der Waals surface area contributed by atoms with Crippen molar-refractivity contribution >= 4 is 27.6 Å². The fraction of sp³-hybridized carbons (Fsp3) is 0.545. The van der Waals surface area contributed by atoms with Crippen molar-refractivity contribution < 1.29 is 0 Å². The lowest BCUT2D eigenvalue weighted by Crippen LogP contribution is -2.33. The Kier molecular flexibility index (Phi) is 5.33. The van der Waals surface area contributed by atoms with Gasteiger partial charge in [0.15, 0.2) is 0 Å². The predicted octanol–water partition coefficient (Wildman–Crippen LogP) is 1.32. The van der Waals surface area contributed by atoms with Gasteiger partial charge in [-0.3, -0.25) is 10.2 Å². The minimum atomic E-state index is -0.211. The van der Waals surface area contributed by atoms with E-state index in [1.807, 2.05) is 4.90 Å². The van der Waals surface area contributed by atoms with Gasteiger partial charge in [-0.1, -0.05) is 13.8 Å². The number of nitrogens with one attached hydrogen (secondary N) is 2. The van der Waals surface area contributed by atoms with Gasteiger partial charge < -0.3 is 15.6 Å². The van der Waals surface area contributed by atoms with Crippen molar-refractivity contribution in [1.29, 1.82) is 5.41 Å². The van der Waals surface area contributed by atoms with E-state index in [-0.39, 0.29) is 11.4 Å². The molecule has 1 heterocycles. The van der Waals surface area contributed by atoms with Crippen LogP contribution in [-0.4, -0.2) is 28.9 Å². The fourth-order valence-corrected chi connectivity index (χ4v) is 2.04. The van der Waals surface area contributed by atoms with Crippen LogP contribution in [0.25, 0.3) is 0 Å². The number of nitrogens with two attached hydrogens (primary N) is 1. The molecule has 0 aromatic carbocycles. The van der Waals surface area contributed by atoms with Crippen molar-refractivity contribution in [3.05, 3.63) is 21.2 Å². The lowest BCUT2D eigenvalue weighted by molar-refractivity contribution is 0.607. The van der Waals surface area contributed by atoms with Crippen molar-refractivity contribution in [1.82, 2.24) is 9.97 Å². The number of halogens is 1. The number of hydrogen-bond acceptors (Lipinski definition) is 4. The molecule has 1 aromatic rings. The molecule has 1 rings (SSSR count). The van der Waals surface area contributed by atoms with Gasteiger partial charge in [0.1, 0.15) is 10.3 Å². The summed E-state index contributed by atoms with van der Waals surface area (Å²) in [5.74, 6) is 1.14. The number of hydrogen-bond donors (Lipinski definition) is 3. The average Bonchev–Trinajstić information content (AvgIpc) is 2.27. The van der Waals surface area contributed by atoms with Crippen LogP contribution in [-0.2, 0) is 0 Å². The molecule has 0 aliphatic carbocycles. The highest BCUT2D eigenvalue weighted by molar-refractivity contribution is 9.10. The monoisotopic (exact) mass is 315 g/mol. The van der Waals surface area contributed by atoms with Crippen LogP contribution in [0.4, 0.5) is 5.82 Å². The number of anilines is 1. The molecule has 7 heteroatoms. The zero-order valence-electron chi connectivity index (χ0n) is 10.5.